The Labute approximate surface area is 379 Å². The second-order valence-corrected chi connectivity index (χ2v) is 18.7. The molecule has 2 saturated heterocycles. The van der Waals surface area contributed by atoms with Crippen LogP contribution in [0.15, 0.2) is 52.6 Å². The number of aliphatic hydroxyl groups excluding tert-OH is 2. The predicted octanol–water partition coefficient (Wildman–Crippen LogP) is 2.93. The SMILES string of the molecule is CC(=O)OC1O[C@@H](n2cnc(NC(=O)C(C)(C)C)nc2=O)C[C@@H]1OC(=O)c1ccccc1.CCOP(=O)(CO)OCC.CCOP(=O)(CO[C@H]1O[C@@H](n2cnc(N)nc2=O)C[C@@H]1O)OCC. The summed E-state index contributed by atoms with van der Waals surface area (Å²) in [5.41, 5.74) is 3.54. The molecule has 3 aromatic rings. The molecular weight excluding hydrogens is 918 g/mol. The molecule has 2 aliphatic rings. The molecular formula is C38H58N8O18P2. The number of ether oxygens (including phenoxy) is 5. The Morgan fingerprint density at radius 2 is 1.35 bits per heavy atom. The molecule has 0 spiro atoms. The lowest BCUT2D eigenvalue weighted by atomic mass is 9.96. The molecule has 2 fully saturated rings. The number of nitrogens with zero attached hydrogens (tertiary/aromatic N) is 6. The van der Waals surface area contributed by atoms with E-state index in [1.165, 1.54) is 13.3 Å². The van der Waals surface area contributed by atoms with Crippen molar-refractivity contribution in [2.75, 3.05) is 50.2 Å². The number of benzene rings is 1. The van der Waals surface area contributed by atoms with Gasteiger partial charge in [-0.25, -0.2) is 24.4 Å². The first kappa shape index (κ1) is 55.5. The zero-order valence-electron chi connectivity index (χ0n) is 37.7. The molecule has 66 heavy (non-hydrogen) atoms. The van der Waals surface area contributed by atoms with E-state index in [9.17, 15) is 38.2 Å². The van der Waals surface area contributed by atoms with Gasteiger partial charge in [0.05, 0.1) is 32.0 Å². The van der Waals surface area contributed by atoms with Crippen molar-refractivity contribution in [1.29, 1.82) is 0 Å². The van der Waals surface area contributed by atoms with Gasteiger partial charge in [-0.05, 0) is 39.8 Å². The van der Waals surface area contributed by atoms with Gasteiger partial charge in [0, 0.05) is 25.2 Å². The zero-order valence-corrected chi connectivity index (χ0v) is 39.5. The third-order valence-electron chi connectivity index (χ3n) is 8.50. The van der Waals surface area contributed by atoms with Crippen LogP contribution in [-0.4, -0.2) is 121 Å². The van der Waals surface area contributed by atoms with Crippen LogP contribution in [0.1, 0.15) is 91.0 Å². The summed E-state index contributed by atoms with van der Waals surface area (Å²) in [4.78, 5) is 75.2. The van der Waals surface area contributed by atoms with E-state index in [0.29, 0.717) is 5.56 Å². The molecule has 28 heteroatoms. The number of rotatable bonds is 18. The third-order valence-corrected chi connectivity index (χ3v) is 11.9. The van der Waals surface area contributed by atoms with Crippen LogP contribution in [0.5, 0.6) is 0 Å². The fourth-order valence-corrected chi connectivity index (χ4v) is 7.88. The normalized spacial score (nSPS) is 20.6. The molecule has 1 unspecified atom stereocenters. The van der Waals surface area contributed by atoms with Crippen molar-refractivity contribution >= 4 is 44.9 Å². The summed E-state index contributed by atoms with van der Waals surface area (Å²) in [5.74, 6) is -1.92. The van der Waals surface area contributed by atoms with Crippen LogP contribution in [0.3, 0.4) is 0 Å². The second kappa shape index (κ2) is 25.9. The Morgan fingerprint density at radius 1 is 0.818 bits per heavy atom. The molecule has 0 saturated carbocycles. The maximum absolute atomic E-state index is 12.5. The van der Waals surface area contributed by atoms with E-state index in [2.05, 4.69) is 25.3 Å². The summed E-state index contributed by atoms with van der Waals surface area (Å²) in [6.07, 6.45) is -4.56. The molecule has 6 atom stereocenters. The molecule has 0 aliphatic carbocycles. The number of nitrogens with one attached hydrogen (secondary N) is 1. The van der Waals surface area contributed by atoms with Crippen molar-refractivity contribution in [3.05, 3.63) is 69.5 Å². The van der Waals surface area contributed by atoms with Gasteiger partial charge in [0.1, 0.15) is 37.6 Å². The standard InChI is InChI=1S/C21H24N4O7.C12H21N4O7P.C5H13O4P/c1-12(26)30-17-14(31-16(27)13-8-6-5-7-9-13)10-15(32-17)25-11-22-19(24-20(25)29)23-18(28)21(2,3)4;1-3-21-24(19,22-4-2)7-20-10-8(17)5-9(23-10)16-6-14-11(13)15-12(16)18;1-3-8-10(7,5-6)9-4-2/h5-9,11,14-15,17H,10H2,1-4H3,(H,23,24,28,29);6,8-10,17H,3-5,7H2,1-2H3,(H2,13,15,18);6H,3-5H2,1-2H3/t14-,15+,17?;8-,9+,10-;/m00./s1. The van der Waals surface area contributed by atoms with E-state index >= 15 is 0 Å². The zero-order chi connectivity index (χ0) is 49.2. The van der Waals surface area contributed by atoms with Gasteiger partial charge in [0.15, 0.2) is 18.7 Å². The summed E-state index contributed by atoms with van der Waals surface area (Å²) >= 11 is 0. The molecule has 1 amide bonds. The Morgan fingerprint density at radius 3 is 1.86 bits per heavy atom. The second-order valence-electron chi connectivity index (χ2n) is 14.7. The quantitative estimate of drug-likeness (QED) is 0.105. The van der Waals surface area contributed by atoms with Gasteiger partial charge in [-0.3, -0.25) is 33.2 Å². The molecule has 5 rings (SSSR count). The van der Waals surface area contributed by atoms with E-state index in [0.717, 1.165) is 15.5 Å². The fourth-order valence-electron chi connectivity index (χ4n) is 5.51. The lowest BCUT2D eigenvalue weighted by Crippen LogP contribution is -2.32. The van der Waals surface area contributed by atoms with Crippen molar-refractivity contribution in [3.63, 3.8) is 0 Å². The average Bonchev–Trinajstić information content (AvgIpc) is 3.82. The fraction of sp³-hybridized carbons (Fsp3) is 0.605. The monoisotopic (exact) mass is 976 g/mol. The number of aromatic nitrogens is 6. The average molecular weight is 977 g/mol. The lowest BCUT2D eigenvalue weighted by molar-refractivity contribution is -0.191. The molecule has 368 valence electrons. The molecule has 2 aromatic heterocycles. The topological polar surface area (TPSA) is 342 Å². The summed E-state index contributed by atoms with van der Waals surface area (Å²) in [7, 11) is -6.57. The number of carbonyl (C=O) groups excluding carboxylic acids is 3. The van der Waals surface area contributed by atoms with Gasteiger partial charge < -0.3 is 57.7 Å². The number of esters is 2. The van der Waals surface area contributed by atoms with E-state index in [1.54, 1.807) is 78.8 Å². The number of amides is 1. The van der Waals surface area contributed by atoms with E-state index in [1.807, 2.05) is 0 Å². The number of nitrogen functional groups attached to an aromatic ring is 1. The highest BCUT2D eigenvalue weighted by atomic mass is 31.2. The number of anilines is 2. The van der Waals surface area contributed by atoms with Crippen LogP contribution >= 0.6 is 15.2 Å². The van der Waals surface area contributed by atoms with Gasteiger partial charge in [-0.2, -0.15) is 9.97 Å². The minimum absolute atomic E-state index is 0.0213. The Bertz CT molecular complexity index is 2240. The van der Waals surface area contributed by atoms with Gasteiger partial charge in [0.25, 0.3) is 0 Å². The molecule has 2 aliphatic heterocycles. The predicted molar refractivity (Wildman–Crippen MR) is 230 cm³/mol. The van der Waals surface area contributed by atoms with Crippen LogP contribution in [0.2, 0.25) is 0 Å². The van der Waals surface area contributed by atoms with Gasteiger partial charge in [-0.15, -0.1) is 0 Å². The number of carbonyl (C=O) groups is 3. The van der Waals surface area contributed by atoms with Gasteiger partial charge in [0.2, 0.25) is 24.1 Å². The van der Waals surface area contributed by atoms with Crippen LogP contribution in [0.25, 0.3) is 0 Å². The molecule has 26 nitrogen and oxygen atoms in total. The van der Waals surface area contributed by atoms with Crippen LogP contribution < -0.4 is 22.4 Å². The van der Waals surface area contributed by atoms with E-state index in [4.69, 9.17) is 52.6 Å². The Kier molecular flexibility index (Phi) is 21.8. The maximum atomic E-state index is 12.5. The molecule has 0 bridgehead atoms. The maximum Gasteiger partial charge on any atom is 0.356 e. The van der Waals surface area contributed by atoms with Crippen LogP contribution in [0, 0.1) is 5.41 Å². The van der Waals surface area contributed by atoms with Crippen molar-refractivity contribution in [3.8, 4) is 0 Å². The van der Waals surface area contributed by atoms with Gasteiger partial charge >= 0.3 is 38.5 Å². The molecule has 1 aromatic carbocycles. The van der Waals surface area contributed by atoms with Crippen molar-refractivity contribution in [2.24, 2.45) is 5.41 Å². The lowest BCUT2D eigenvalue weighted by Gasteiger charge is -2.21. The van der Waals surface area contributed by atoms with Crippen molar-refractivity contribution < 1.29 is 75.5 Å². The highest BCUT2D eigenvalue weighted by Gasteiger charge is 2.42. The van der Waals surface area contributed by atoms with E-state index in [-0.39, 0.29) is 63.4 Å². The van der Waals surface area contributed by atoms with Crippen molar-refractivity contribution in [2.45, 2.75) is 105 Å². The molecule has 5 N–H and O–H groups in total. The molecule has 0 radical (unpaired) electrons. The van der Waals surface area contributed by atoms with E-state index < -0.39 is 87.5 Å². The summed E-state index contributed by atoms with van der Waals surface area (Å²) in [6, 6.07) is 8.29. The number of aliphatic hydroxyl groups is 2. The smallest absolute Gasteiger partial charge is 0.356 e. The van der Waals surface area contributed by atoms with Crippen LogP contribution in [-0.2, 0) is 60.5 Å². The number of hydrogen-bond acceptors (Lipinski definition) is 23. The first-order valence-corrected chi connectivity index (χ1v) is 23.9. The Hall–Kier alpha value is -4.85. The largest absolute Gasteiger partial charge is 0.452 e. The minimum Gasteiger partial charge on any atom is -0.452 e. The summed E-state index contributed by atoms with van der Waals surface area (Å²) in [6.45, 7) is 14.0. The minimum atomic E-state index is -3.43. The molecule has 4 heterocycles. The highest BCUT2D eigenvalue weighted by molar-refractivity contribution is 7.53. The van der Waals surface area contributed by atoms with Crippen LogP contribution in [0.4, 0.5) is 11.9 Å². The summed E-state index contributed by atoms with van der Waals surface area (Å²) in [5, 5.41) is 21.0. The number of nitrogens with two attached hydrogens (primary N) is 1. The first-order valence-electron chi connectivity index (χ1n) is 20.5. The Balaban J connectivity index is 0.000000299. The first-order chi connectivity index (χ1) is 31.1. The van der Waals surface area contributed by atoms with Gasteiger partial charge in [-0.1, -0.05) is 39.0 Å². The van der Waals surface area contributed by atoms with Crippen molar-refractivity contribution in [1.82, 2.24) is 29.1 Å². The third kappa shape index (κ3) is 17.1. The summed E-state index contributed by atoms with van der Waals surface area (Å²) < 4.78 is 72.2. The number of hydrogen-bond donors (Lipinski definition) is 4. The highest BCUT2D eigenvalue weighted by Crippen LogP contribution is 2.49.